The normalized spacial score (nSPS) is 49.7. The number of carbonyl (C=O) groups excluding carboxylic acids is 1. The van der Waals surface area contributed by atoms with Crippen molar-refractivity contribution < 1.29 is 4.79 Å². The smallest absolute Gasteiger partial charge is 0.242 e. The van der Waals surface area contributed by atoms with Gasteiger partial charge in [0.1, 0.15) is 4.75 Å². The third kappa shape index (κ3) is 1.44. The quantitative estimate of drug-likeness (QED) is 0.806. The largest absolute Gasteiger partial charge is 0.304 e. The van der Waals surface area contributed by atoms with E-state index in [-0.39, 0.29) is 16.2 Å². The monoisotopic (exact) mass is 290 g/mol. The fourth-order valence-electron chi connectivity index (χ4n) is 5.60. The van der Waals surface area contributed by atoms with Gasteiger partial charge in [-0.25, -0.2) is 0 Å². The molecule has 0 radical (unpaired) electrons. The molecule has 1 saturated heterocycles. The van der Waals surface area contributed by atoms with Crippen molar-refractivity contribution in [3.8, 4) is 0 Å². The van der Waals surface area contributed by atoms with E-state index in [0.29, 0.717) is 0 Å². The minimum atomic E-state index is -0.124. The van der Waals surface area contributed by atoms with E-state index < -0.39 is 0 Å². The summed E-state index contributed by atoms with van der Waals surface area (Å²) in [6.07, 6.45) is 11.5. The molecule has 0 aromatic heterocycles. The fourth-order valence-corrected chi connectivity index (χ4v) is 6.98. The van der Waals surface area contributed by atoms with Crippen molar-refractivity contribution >= 4 is 22.8 Å². The van der Waals surface area contributed by atoms with Gasteiger partial charge in [-0.3, -0.25) is 9.79 Å². The number of nitrogens with one attached hydrogen (secondary N) is 1. The van der Waals surface area contributed by atoms with Gasteiger partial charge in [0.15, 0.2) is 5.17 Å². The number of amidine groups is 1. The average Bonchev–Trinajstić information content (AvgIpc) is 2.89. The van der Waals surface area contributed by atoms with Gasteiger partial charge in [-0.15, -0.1) is 0 Å². The van der Waals surface area contributed by atoms with E-state index in [2.05, 4.69) is 5.32 Å². The zero-order valence-electron chi connectivity index (χ0n) is 11.9. The Morgan fingerprint density at radius 3 is 2.75 bits per heavy atom. The Morgan fingerprint density at radius 2 is 2.00 bits per heavy atom. The summed E-state index contributed by atoms with van der Waals surface area (Å²) >= 11 is 1.75. The summed E-state index contributed by atoms with van der Waals surface area (Å²) in [7, 11) is 0. The van der Waals surface area contributed by atoms with Gasteiger partial charge >= 0.3 is 0 Å². The standard InChI is InChI=1S/C16H22N2OS/c19-13-16(5-2-6-16)20-14(17-13)18-15-8-10-3-1-4-12(15)7-11(10)9-15/h10-12H,1-9H2,(H,17,18,19). The van der Waals surface area contributed by atoms with Crippen LogP contribution in [0.2, 0.25) is 0 Å². The molecule has 1 heterocycles. The summed E-state index contributed by atoms with van der Waals surface area (Å²) in [5.74, 6) is 2.90. The predicted molar refractivity (Wildman–Crippen MR) is 80.7 cm³/mol. The van der Waals surface area contributed by atoms with Gasteiger partial charge in [0, 0.05) is 0 Å². The second kappa shape index (κ2) is 3.82. The van der Waals surface area contributed by atoms with Crippen molar-refractivity contribution in [1.82, 2.24) is 5.32 Å². The zero-order chi connectivity index (χ0) is 13.4. The molecule has 6 fully saturated rings. The molecule has 4 unspecified atom stereocenters. The molecule has 1 spiro atoms. The van der Waals surface area contributed by atoms with Crippen molar-refractivity contribution in [3.05, 3.63) is 0 Å². The molecule has 1 amide bonds. The topological polar surface area (TPSA) is 41.5 Å². The lowest BCUT2D eigenvalue weighted by Gasteiger charge is -2.33. The Hall–Kier alpha value is -0.510. The number of amides is 1. The number of carbonyl (C=O) groups is 1. The molecule has 5 aliphatic carbocycles. The highest BCUT2D eigenvalue weighted by Crippen LogP contribution is 2.62. The van der Waals surface area contributed by atoms with Crippen LogP contribution in [0.1, 0.15) is 57.8 Å². The molecular weight excluding hydrogens is 268 g/mol. The van der Waals surface area contributed by atoms with Gasteiger partial charge in [-0.05, 0) is 62.7 Å². The molecule has 0 aromatic carbocycles. The highest BCUT2D eigenvalue weighted by Gasteiger charge is 2.59. The molecule has 0 aromatic rings. The zero-order valence-corrected chi connectivity index (χ0v) is 12.7. The maximum atomic E-state index is 12.2. The molecule has 108 valence electrons. The van der Waals surface area contributed by atoms with Crippen LogP contribution in [0.15, 0.2) is 4.99 Å². The van der Waals surface area contributed by atoms with E-state index in [1.807, 2.05) is 0 Å². The summed E-state index contributed by atoms with van der Waals surface area (Å²) in [5, 5.41) is 4.07. The van der Waals surface area contributed by atoms with Crippen LogP contribution in [0.25, 0.3) is 0 Å². The van der Waals surface area contributed by atoms with Crippen LogP contribution in [0.3, 0.4) is 0 Å². The Morgan fingerprint density at radius 1 is 1.15 bits per heavy atom. The van der Waals surface area contributed by atoms with Gasteiger partial charge in [-0.2, -0.15) is 0 Å². The SMILES string of the molecule is O=C1NC(=NC23CC4CCCC2CC4C3)SC12CCC2. The van der Waals surface area contributed by atoms with E-state index in [4.69, 9.17) is 4.99 Å². The lowest BCUT2D eigenvalue weighted by Crippen LogP contribution is -2.42. The first-order chi connectivity index (χ1) is 9.69. The minimum Gasteiger partial charge on any atom is -0.304 e. The number of rotatable bonds is 1. The number of nitrogens with zero attached hydrogens (tertiary/aromatic N) is 1. The van der Waals surface area contributed by atoms with Gasteiger partial charge in [0.2, 0.25) is 5.91 Å². The molecular formula is C16H22N2OS. The van der Waals surface area contributed by atoms with Crippen LogP contribution in [0, 0.1) is 17.8 Å². The Balaban J connectivity index is 1.47. The third-order valence-electron chi connectivity index (χ3n) is 6.78. The molecule has 1 aliphatic heterocycles. The van der Waals surface area contributed by atoms with E-state index >= 15 is 0 Å². The second-order valence-corrected chi connectivity index (χ2v) is 9.09. The highest BCUT2D eigenvalue weighted by atomic mass is 32.2. The first-order valence-corrected chi connectivity index (χ1v) is 9.11. The van der Waals surface area contributed by atoms with Crippen LogP contribution >= 0.6 is 11.8 Å². The Kier molecular flexibility index (Phi) is 2.31. The summed E-state index contributed by atoms with van der Waals surface area (Å²) < 4.78 is -0.124. The first-order valence-electron chi connectivity index (χ1n) is 8.30. The second-order valence-electron chi connectivity index (χ2n) is 7.72. The van der Waals surface area contributed by atoms with E-state index in [0.717, 1.165) is 35.8 Å². The number of fused-ring (bicyclic) bond motifs is 2. The molecule has 6 aliphatic rings. The molecule has 3 nitrogen and oxygen atoms in total. The Labute approximate surface area is 124 Å². The van der Waals surface area contributed by atoms with Gasteiger partial charge in [0.05, 0.1) is 5.54 Å². The molecule has 5 saturated carbocycles. The van der Waals surface area contributed by atoms with E-state index in [1.165, 1.54) is 44.9 Å². The molecule has 20 heavy (non-hydrogen) atoms. The average molecular weight is 290 g/mol. The summed E-state index contributed by atoms with van der Waals surface area (Å²) in [5.41, 5.74) is 0.205. The fraction of sp³-hybridized carbons (Fsp3) is 0.875. The van der Waals surface area contributed by atoms with Gasteiger partial charge in [0.25, 0.3) is 0 Å². The van der Waals surface area contributed by atoms with Crippen LogP contribution in [-0.4, -0.2) is 21.4 Å². The van der Waals surface area contributed by atoms with Crippen molar-refractivity contribution in [2.75, 3.05) is 0 Å². The summed E-state index contributed by atoms with van der Waals surface area (Å²) in [6.45, 7) is 0. The highest BCUT2D eigenvalue weighted by molar-refractivity contribution is 8.16. The van der Waals surface area contributed by atoms with Crippen molar-refractivity contribution in [2.45, 2.75) is 68.1 Å². The maximum Gasteiger partial charge on any atom is 0.242 e. The summed E-state index contributed by atoms with van der Waals surface area (Å²) in [4.78, 5) is 17.4. The lowest BCUT2D eigenvalue weighted by atomic mass is 9.80. The van der Waals surface area contributed by atoms with Crippen LogP contribution in [0.4, 0.5) is 0 Å². The van der Waals surface area contributed by atoms with E-state index in [1.54, 1.807) is 11.8 Å². The number of aliphatic imine (C=N–C) groups is 1. The van der Waals surface area contributed by atoms with Crippen LogP contribution < -0.4 is 5.32 Å². The molecule has 1 N–H and O–H groups in total. The molecule has 4 heteroatoms. The summed E-state index contributed by atoms with van der Waals surface area (Å²) in [6, 6.07) is 0. The number of hydrogen-bond acceptors (Lipinski definition) is 3. The van der Waals surface area contributed by atoms with Crippen molar-refractivity contribution in [3.63, 3.8) is 0 Å². The maximum absolute atomic E-state index is 12.2. The van der Waals surface area contributed by atoms with Crippen molar-refractivity contribution in [2.24, 2.45) is 22.7 Å². The van der Waals surface area contributed by atoms with Crippen LogP contribution in [0.5, 0.6) is 0 Å². The van der Waals surface area contributed by atoms with Gasteiger partial charge < -0.3 is 5.32 Å². The third-order valence-corrected chi connectivity index (χ3v) is 8.16. The number of hydrogen-bond donors (Lipinski definition) is 1. The lowest BCUT2D eigenvalue weighted by molar-refractivity contribution is -0.123. The predicted octanol–water partition coefficient (Wildman–Crippen LogP) is 3.10. The van der Waals surface area contributed by atoms with E-state index in [9.17, 15) is 4.79 Å². The molecule has 6 rings (SSSR count). The molecule has 4 bridgehead atoms. The van der Waals surface area contributed by atoms with Gasteiger partial charge in [-0.1, -0.05) is 24.6 Å². The molecule has 4 atom stereocenters. The number of thioether (sulfide) groups is 1. The first kappa shape index (κ1) is 12.1. The van der Waals surface area contributed by atoms with Crippen molar-refractivity contribution in [1.29, 1.82) is 0 Å². The van der Waals surface area contributed by atoms with Crippen LogP contribution in [-0.2, 0) is 4.79 Å². The minimum absolute atomic E-state index is 0.124. The Bertz CT molecular complexity index is 513.